The Kier molecular flexibility index (Phi) is 4.95. The van der Waals surface area contributed by atoms with E-state index >= 15 is 0 Å². The van der Waals surface area contributed by atoms with Crippen LogP contribution in [-0.4, -0.2) is 24.7 Å². The summed E-state index contributed by atoms with van der Waals surface area (Å²) in [5.41, 5.74) is -0.189. The molecular formula is C15H19Cl2NO2. The summed E-state index contributed by atoms with van der Waals surface area (Å²) < 4.78 is 5.69. The normalized spacial score (nSPS) is 17.0. The number of hydrogen-bond acceptors (Lipinski definition) is 3. The van der Waals surface area contributed by atoms with Gasteiger partial charge in [0.2, 0.25) is 0 Å². The van der Waals surface area contributed by atoms with Crippen molar-refractivity contribution in [3.8, 4) is 0 Å². The molecule has 1 aromatic rings. The van der Waals surface area contributed by atoms with Gasteiger partial charge in [0.15, 0.2) is 0 Å². The van der Waals surface area contributed by atoms with Crippen LogP contribution in [0.1, 0.15) is 37.0 Å². The molecule has 0 atom stereocenters. The fourth-order valence-electron chi connectivity index (χ4n) is 2.55. The zero-order chi connectivity index (χ0) is 14.8. The molecule has 0 aromatic heterocycles. The lowest BCUT2D eigenvalue weighted by molar-refractivity contribution is -0.0367. The molecule has 5 heteroatoms. The van der Waals surface area contributed by atoms with Crippen LogP contribution < -0.4 is 5.32 Å². The standard InChI is InChI=1S/C15H19Cl2NO2/c1-15(2,10-5-7-18-8-6-10)20-14(19)12-9-11(16)3-4-13(12)17/h3-4,9-10,18H,5-8H2,1-2H3. The van der Waals surface area contributed by atoms with Gasteiger partial charge in [-0.15, -0.1) is 0 Å². The Morgan fingerprint density at radius 2 is 1.95 bits per heavy atom. The van der Waals surface area contributed by atoms with Gasteiger partial charge in [-0.3, -0.25) is 0 Å². The zero-order valence-corrected chi connectivity index (χ0v) is 13.2. The van der Waals surface area contributed by atoms with Gasteiger partial charge < -0.3 is 10.1 Å². The van der Waals surface area contributed by atoms with E-state index in [4.69, 9.17) is 27.9 Å². The molecule has 3 nitrogen and oxygen atoms in total. The van der Waals surface area contributed by atoms with Crippen molar-refractivity contribution >= 4 is 29.2 Å². The third-order valence-electron chi connectivity index (χ3n) is 3.83. The first-order valence-corrected chi connectivity index (χ1v) is 7.55. The molecule has 110 valence electrons. The number of carbonyl (C=O) groups excluding carboxylic acids is 1. The molecule has 0 spiro atoms. The number of halogens is 2. The van der Waals surface area contributed by atoms with Crippen molar-refractivity contribution in [2.24, 2.45) is 5.92 Å². The SMILES string of the molecule is CC(C)(OC(=O)c1cc(Cl)ccc1Cl)C1CCNCC1. The number of esters is 1. The molecule has 1 aliphatic heterocycles. The summed E-state index contributed by atoms with van der Waals surface area (Å²) >= 11 is 11.9. The average Bonchev–Trinajstić information content (AvgIpc) is 2.42. The van der Waals surface area contributed by atoms with Crippen molar-refractivity contribution in [1.82, 2.24) is 5.32 Å². The van der Waals surface area contributed by atoms with Gasteiger partial charge in [-0.1, -0.05) is 23.2 Å². The smallest absolute Gasteiger partial charge is 0.340 e. The van der Waals surface area contributed by atoms with Crippen LogP contribution in [0.5, 0.6) is 0 Å². The molecule has 0 radical (unpaired) electrons. The summed E-state index contributed by atoms with van der Waals surface area (Å²) in [6.45, 7) is 5.84. The average molecular weight is 316 g/mol. The molecule has 0 unspecified atom stereocenters. The predicted molar refractivity (Wildman–Crippen MR) is 81.6 cm³/mol. The number of rotatable bonds is 3. The second kappa shape index (κ2) is 6.33. The van der Waals surface area contributed by atoms with E-state index in [1.54, 1.807) is 18.2 Å². The summed E-state index contributed by atoms with van der Waals surface area (Å²) in [7, 11) is 0. The highest BCUT2D eigenvalue weighted by Crippen LogP contribution is 2.31. The van der Waals surface area contributed by atoms with Crippen molar-refractivity contribution in [2.75, 3.05) is 13.1 Å². The lowest BCUT2D eigenvalue weighted by Gasteiger charge is -2.36. The second-order valence-electron chi connectivity index (χ2n) is 5.64. The monoisotopic (exact) mass is 315 g/mol. The van der Waals surface area contributed by atoms with Gasteiger partial charge in [0, 0.05) is 10.9 Å². The molecular weight excluding hydrogens is 297 g/mol. The first-order chi connectivity index (χ1) is 9.40. The summed E-state index contributed by atoms with van der Waals surface area (Å²) in [5, 5.41) is 4.14. The van der Waals surface area contributed by atoms with Gasteiger partial charge in [-0.2, -0.15) is 0 Å². The maximum Gasteiger partial charge on any atom is 0.340 e. The quantitative estimate of drug-likeness (QED) is 0.859. The van der Waals surface area contributed by atoms with Crippen LogP contribution in [0.15, 0.2) is 18.2 Å². The Morgan fingerprint density at radius 3 is 2.60 bits per heavy atom. The van der Waals surface area contributed by atoms with Crippen LogP contribution in [-0.2, 0) is 4.74 Å². The largest absolute Gasteiger partial charge is 0.456 e. The minimum atomic E-state index is -0.509. The van der Waals surface area contributed by atoms with Gasteiger partial charge in [0.05, 0.1) is 10.6 Å². The topological polar surface area (TPSA) is 38.3 Å². The summed E-state index contributed by atoms with van der Waals surface area (Å²) in [6, 6.07) is 4.81. The second-order valence-corrected chi connectivity index (χ2v) is 6.49. The highest BCUT2D eigenvalue weighted by atomic mass is 35.5. The Bertz CT molecular complexity index is 497. The number of benzene rings is 1. The molecule has 2 rings (SSSR count). The van der Waals surface area contributed by atoms with Crippen LogP contribution in [0.3, 0.4) is 0 Å². The predicted octanol–water partition coefficient (Wildman–Crippen LogP) is 3.93. The van der Waals surface area contributed by atoms with Crippen molar-refractivity contribution in [2.45, 2.75) is 32.3 Å². The molecule has 1 aromatic carbocycles. The molecule has 1 fully saturated rings. The fourth-order valence-corrected chi connectivity index (χ4v) is 2.92. The van der Waals surface area contributed by atoms with E-state index in [-0.39, 0.29) is 0 Å². The highest BCUT2D eigenvalue weighted by Gasteiger charge is 2.34. The number of carbonyl (C=O) groups is 1. The Morgan fingerprint density at radius 1 is 1.30 bits per heavy atom. The number of ether oxygens (including phenoxy) is 1. The maximum absolute atomic E-state index is 12.3. The van der Waals surface area contributed by atoms with Gasteiger partial charge >= 0.3 is 5.97 Å². The van der Waals surface area contributed by atoms with Crippen LogP contribution in [0.2, 0.25) is 10.0 Å². The van der Waals surface area contributed by atoms with Crippen LogP contribution in [0, 0.1) is 5.92 Å². The van der Waals surface area contributed by atoms with E-state index in [1.165, 1.54) is 0 Å². The van der Waals surface area contributed by atoms with Crippen molar-refractivity contribution < 1.29 is 9.53 Å². The van der Waals surface area contributed by atoms with Gasteiger partial charge in [-0.25, -0.2) is 4.79 Å². The highest BCUT2D eigenvalue weighted by molar-refractivity contribution is 6.35. The minimum absolute atomic E-state index is 0.321. The van der Waals surface area contributed by atoms with Crippen molar-refractivity contribution in [3.63, 3.8) is 0 Å². The Hall–Kier alpha value is -0.770. The van der Waals surface area contributed by atoms with E-state index in [2.05, 4.69) is 5.32 Å². The number of piperidine rings is 1. The van der Waals surface area contributed by atoms with Gasteiger partial charge in [0.25, 0.3) is 0 Å². The third kappa shape index (κ3) is 3.66. The van der Waals surface area contributed by atoms with Gasteiger partial charge in [0.1, 0.15) is 5.60 Å². The molecule has 0 saturated carbocycles. The Labute approximate surface area is 129 Å². The maximum atomic E-state index is 12.3. The van der Waals surface area contributed by atoms with Crippen LogP contribution >= 0.6 is 23.2 Å². The summed E-state index contributed by atoms with van der Waals surface area (Å²) in [6.07, 6.45) is 2.01. The molecule has 1 N–H and O–H groups in total. The van der Waals surface area contributed by atoms with Crippen LogP contribution in [0.25, 0.3) is 0 Å². The lowest BCUT2D eigenvalue weighted by atomic mass is 9.83. The van der Waals surface area contributed by atoms with E-state index in [0.717, 1.165) is 25.9 Å². The van der Waals surface area contributed by atoms with Crippen LogP contribution in [0.4, 0.5) is 0 Å². The zero-order valence-electron chi connectivity index (χ0n) is 11.7. The Balaban J connectivity index is 2.11. The molecule has 1 saturated heterocycles. The molecule has 0 bridgehead atoms. The van der Waals surface area contributed by atoms with E-state index in [0.29, 0.717) is 21.5 Å². The first kappa shape index (κ1) is 15.6. The molecule has 0 amide bonds. The van der Waals surface area contributed by atoms with Gasteiger partial charge in [-0.05, 0) is 58.0 Å². The fraction of sp³-hybridized carbons (Fsp3) is 0.533. The molecule has 0 aliphatic carbocycles. The van der Waals surface area contributed by atoms with Crippen molar-refractivity contribution in [3.05, 3.63) is 33.8 Å². The van der Waals surface area contributed by atoms with E-state index in [1.807, 2.05) is 13.8 Å². The summed E-state index contributed by atoms with van der Waals surface area (Å²) in [5.74, 6) is -0.0632. The minimum Gasteiger partial charge on any atom is -0.456 e. The number of hydrogen-bond donors (Lipinski definition) is 1. The first-order valence-electron chi connectivity index (χ1n) is 6.79. The third-order valence-corrected chi connectivity index (χ3v) is 4.39. The molecule has 1 aliphatic rings. The molecule has 20 heavy (non-hydrogen) atoms. The van der Waals surface area contributed by atoms with Crippen molar-refractivity contribution in [1.29, 1.82) is 0 Å². The summed E-state index contributed by atoms with van der Waals surface area (Å²) in [4.78, 5) is 12.3. The number of nitrogens with one attached hydrogen (secondary N) is 1. The lowest BCUT2D eigenvalue weighted by Crippen LogP contribution is -2.42. The van der Waals surface area contributed by atoms with E-state index < -0.39 is 11.6 Å². The molecule has 1 heterocycles. The van der Waals surface area contributed by atoms with E-state index in [9.17, 15) is 4.79 Å².